The maximum absolute atomic E-state index is 12.9. The van der Waals surface area contributed by atoms with E-state index in [4.69, 9.17) is 4.74 Å². The van der Waals surface area contributed by atoms with Gasteiger partial charge in [0.25, 0.3) is 5.56 Å². The summed E-state index contributed by atoms with van der Waals surface area (Å²) in [7, 11) is 3.45. The standard InChI is InChI=1S/C16H17N3O2S2/c1-4-22-14-12-9-23-15(17-2)13(12)16(20)19(18-14)10-5-7-11(21-3)8-6-10/h5-9,17H,4H2,1-3H3. The second kappa shape index (κ2) is 6.64. The molecule has 7 heteroatoms. The van der Waals surface area contributed by atoms with Gasteiger partial charge in [0.1, 0.15) is 15.8 Å². The number of methoxy groups -OCH3 is 1. The van der Waals surface area contributed by atoms with Crippen LogP contribution in [0, 0.1) is 0 Å². The highest BCUT2D eigenvalue weighted by Crippen LogP contribution is 2.33. The number of hydrogen-bond acceptors (Lipinski definition) is 6. The van der Waals surface area contributed by atoms with Gasteiger partial charge in [0, 0.05) is 17.8 Å². The Balaban J connectivity index is 2.26. The quantitative estimate of drug-likeness (QED) is 0.715. The molecule has 1 N–H and O–H groups in total. The Hall–Kier alpha value is -1.99. The number of benzene rings is 1. The molecule has 0 aliphatic carbocycles. The minimum atomic E-state index is -0.115. The van der Waals surface area contributed by atoms with Gasteiger partial charge in [-0.25, -0.2) is 0 Å². The van der Waals surface area contributed by atoms with E-state index in [-0.39, 0.29) is 5.56 Å². The maximum atomic E-state index is 12.9. The van der Waals surface area contributed by atoms with Crippen LogP contribution in [0.2, 0.25) is 0 Å². The monoisotopic (exact) mass is 347 g/mol. The number of thiophene rings is 1. The molecule has 0 bridgehead atoms. The summed E-state index contributed by atoms with van der Waals surface area (Å²) >= 11 is 3.17. The van der Waals surface area contributed by atoms with E-state index in [1.807, 2.05) is 36.7 Å². The number of thioether (sulfide) groups is 1. The van der Waals surface area contributed by atoms with Crippen LogP contribution in [-0.2, 0) is 0 Å². The van der Waals surface area contributed by atoms with E-state index >= 15 is 0 Å². The van der Waals surface area contributed by atoms with Gasteiger partial charge in [-0.2, -0.15) is 9.78 Å². The van der Waals surface area contributed by atoms with E-state index < -0.39 is 0 Å². The molecule has 5 nitrogen and oxygen atoms in total. The average molecular weight is 347 g/mol. The molecule has 0 unspecified atom stereocenters. The minimum absolute atomic E-state index is 0.115. The number of hydrogen-bond donors (Lipinski definition) is 1. The van der Waals surface area contributed by atoms with Gasteiger partial charge in [-0.1, -0.05) is 6.92 Å². The Bertz CT molecular complexity index is 885. The molecular formula is C16H17N3O2S2. The Morgan fingerprint density at radius 1 is 1.35 bits per heavy atom. The SMILES string of the molecule is CCSc1nn(-c2ccc(OC)cc2)c(=O)c2c(NC)scc12. The molecule has 0 fully saturated rings. The molecule has 0 radical (unpaired) electrons. The summed E-state index contributed by atoms with van der Waals surface area (Å²) < 4.78 is 6.64. The van der Waals surface area contributed by atoms with Crippen LogP contribution in [0.4, 0.5) is 5.00 Å². The zero-order valence-corrected chi connectivity index (χ0v) is 14.8. The Morgan fingerprint density at radius 2 is 2.09 bits per heavy atom. The molecule has 120 valence electrons. The molecule has 2 heterocycles. The largest absolute Gasteiger partial charge is 0.497 e. The Morgan fingerprint density at radius 3 is 2.70 bits per heavy atom. The van der Waals surface area contributed by atoms with E-state index in [0.29, 0.717) is 5.39 Å². The molecular weight excluding hydrogens is 330 g/mol. The molecule has 3 rings (SSSR count). The van der Waals surface area contributed by atoms with Crippen LogP contribution in [0.3, 0.4) is 0 Å². The maximum Gasteiger partial charge on any atom is 0.282 e. The van der Waals surface area contributed by atoms with Crippen LogP contribution in [0.5, 0.6) is 5.75 Å². The summed E-state index contributed by atoms with van der Waals surface area (Å²) in [4.78, 5) is 12.9. The van der Waals surface area contributed by atoms with Crippen molar-refractivity contribution in [2.45, 2.75) is 11.9 Å². The predicted octanol–water partition coefficient (Wildman–Crippen LogP) is 3.61. The highest BCUT2D eigenvalue weighted by Gasteiger charge is 2.16. The van der Waals surface area contributed by atoms with Crippen LogP contribution < -0.4 is 15.6 Å². The van der Waals surface area contributed by atoms with E-state index in [1.54, 1.807) is 18.9 Å². The Labute approximate surface area is 142 Å². The lowest BCUT2D eigenvalue weighted by Crippen LogP contribution is -2.22. The number of nitrogens with zero attached hydrogens (tertiary/aromatic N) is 2. The van der Waals surface area contributed by atoms with Gasteiger partial charge in [0.15, 0.2) is 0 Å². The van der Waals surface area contributed by atoms with E-state index in [9.17, 15) is 4.79 Å². The first-order valence-corrected chi connectivity index (χ1v) is 9.05. The lowest BCUT2D eigenvalue weighted by Gasteiger charge is -2.09. The van der Waals surface area contributed by atoms with Crippen molar-refractivity contribution in [3.63, 3.8) is 0 Å². The molecule has 0 aliphatic heterocycles. The fourth-order valence-electron chi connectivity index (χ4n) is 2.35. The molecule has 3 aromatic rings. The van der Waals surface area contributed by atoms with E-state index in [0.717, 1.165) is 32.6 Å². The van der Waals surface area contributed by atoms with Crippen LogP contribution in [0.25, 0.3) is 16.5 Å². The molecule has 0 saturated heterocycles. The number of rotatable bonds is 5. The summed E-state index contributed by atoms with van der Waals surface area (Å²) in [6.07, 6.45) is 0. The van der Waals surface area contributed by atoms with E-state index in [1.165, 1.54) is 16.0 Å². The lowest BCUT2D eigenvalue weighted by molar-refractivity contribution is 0.414. The van der Waals surface area contributed by atoms with Crippen LogP contribution in [0.15, 0.2) is 39.5 Å². The molecule has 2 aromatic heterocycles. The van der Waals surface area contributed by atoms with E-state index in [2.05, 4.69) is 17.3 Å². The first kappa shape index (κ1) is 15.9. The third-order valence-electron chi connectivity index (χ3n) is 3.44. The van der Waals surface area contributed by atoms with Crippen LogP contribution in [0.1, 0.15) is 6.92 Å². The number of fused-ring (bicyclic) bond motifs is 1. The highest BCUT2D eigenvalue weighted by atomic mass is 32.2. The first-order valence-electron chi connectivity index (χ1n) is 7.19. The van der Waals surface area contributed by atoms with Crippen molar-refractivity contribution in [1.29, 1.82) is 0 Å². The molecule has 1 aromatic carbocycles. The number of aromatic nitrogens is 2. The summed E-state index contributed by atoms with van der Waals surface area (Å²) in [6, 6.07) is 7.33. The topological polar surface area (TPSA) is 56.2 Å². The van der Waals surface area contributed by atoms with Gasteiger partial charge in [-0.3, -0.25) is 4.79 Å². The van der Waals surface area contributed by atoms with Crippen molar-refractivity contribution in [3.05, 3.63) is 40.0 Å². The van der Waals surface area contributed by atoms with Crippen molar-refractivity contribution in [2.75, 3.05) is 25.2 Å². The van der Waals surface area contributed by atoms with Crippen molar-refractivity contribution in [1.82, 2.24) is 9.78 Å². The summed E-state index contributed by atoms with van der Waals surface area (Å²) in [6.45, 7) is 2.08. The fourth-order valence-corrected chi connectivity index (χ4v) is 4.05. The fraction of sp³-hybridized carbons (Fsp3) is 0.250. The first-order chi connectivity index (χ1) is 11.2. The zero-order valence-electron chi connectivity index (χ0n) is 13.1. The third-order valence-corrected chi connectivity index (χ3v) is 5.30. The Kier molecular flexibility index (Phi) is 4.58. The van der Waals surface area contributed by atoms with Crippen LogP contribution >= 0.6 is 23.1 Å². The van der Waals surface area contributed by atoms with Gasteiger partial charge < -0.3 is 10.1 Å². The second-order valence-corrected chi connectivity index (χ2v) is 6.89. The third kappa shape index (κ3) is 2.82. The molecule has 0 aliphatic rings. The number of nitrogens with one attached hydrogen (secondary N) is 1. The van der Waals surface area contributed by atoms with Crippen molar-refractivity contribution >= 4 is 38.9 Å². The summed E-state index contributed by atoms with van der Waals surface area (Å²) in [5, 5.41) is 13.0. The predicted molar refractivity (Wildman–Crippen MR) is 97.7 cm³/mol. The molecule has 0 amide bonds. The summed E-state index contributed by atoms with van der Waals surface area (Å²) in [5.74, 6) is 1.64. The molecule has 0 atom stereocenters. The summed E-state index contributed by atoms with van der Waals surface area (Å²) in [5.41, 5.74) is 0.611. The zero-order chi connectivity index (χ0) is 16.4. The van der Waals surface area contributed by atoms with Gasteiger partial charge in [0.2, 0.25) is 0 Å². The second-order valence-electron chi connectivity index (χ2n) is 4.76. The number of anilines is 1. The molecule has 0 spiro atoms. The number of ether oxygens (including phenoxy) is 1. The van der Waals surface area contributed by atoms with Gasteiger partial charge >= 0.3 is 0 Å². The molecule has 0 saturated carbocycles. The van der Waals surface area contributed by atoms with Crippen molar-refractivity contribution < 1.29 is 4.74 Å². The van der Waals surface area contributed by atoms with Gasteiger partial charge in [0.05, 0.1) is 18.2 Å². The van der Waals surface area contributed by atoms with Crippen molar-refractivity contribution in [3.8, 4) is 11.4 Å². The molecule has 23 heavy (non-hydrogen) atoms. The van der Waals surface area contributed by atoms with Crippen molar-refractivity contribution in [2.24, 2.45) is 0 Å². The lowest BCUT2D eigenvalue weighted by atomic mass is 10.2. The smallest absolute Gasteiger partial charge is 0.282 e. The minimum Gasteiger partial charge on any atom is -0.497 e. The van der Waals surface area contributed by atoms with Crippen LogP contribution in [-0.4, -0.2) is 29.7 Å². The average Bonchev–Trinajstić information content (AvgIpc) is 3.02. The van der Waals surface area contributed by atoms with Gasteiger partial charge in [-0.15, -0.1) is 23.1 Å². The van der Waals surface area contributed by atoms with Gasteiger partial charge in [-0.05, 0) is 30.0 Å². The highest BCUT2D eigenvalue weighted by molar-refractivity contribution is 7.99. The normalized spacial score (nSPS) is 10.9.